The molecule has 0 radical (unpaired) electrons. The molecule has 1 heterocycles. The van der Waals surface area contributed by atoms with Crippen molar-refractivity contribution in [3.05, 3.63) is 82.5 Å². The molecule has 3 aromatic rings. The van der Waals surface area contributed by atoms with Crippen molar-refractivity contribution in [3.8, 4) is 5.88 Å². The van der Waals surface area contributed by atoms with E-state index in [1.54, 1.807) is 19.1 Å². The number of carbonyl (C=O) groups is 2. The Labute approximate surface area is 172 Å². The highest BCUT2D eigenvalue weighted by Gasteiger charge is 2.14. The molecule has 0 unspecified atom stereocenters. The van der Waals surface area contributed by atoms with E-state index in [2.05, 4.69) is 15.6 Å². The van der Waals surface area contributed by atoms with Gasteiger partial charge in [0.2, 0.25) is 5.88 Å². The zero-order valence-electron chi connectivity index (χ0n) is 15.5. The maximum absolute atomic E-state index is 12.6. The van der Waals surface area contributed by atoms with Crippen molar-refractivity contribution in [1.82, 2.24) is 4.98 Å². The van der Waals surface area contributed by atoms with Crippen LogP contribution in [-0.4, -0.2) is 22.1 Å². The Morgan fingerprint density at radius 1 is 1.07 bits per heavy atom. The first-order valence-electron chi connectivity index (χ1n) is 8.67. The summed E-state index contributed by atoms with van der Waals surface area (Å²) < 4.78 is 5.68. The van der Waals surface area contributed by atoms with Crippen molar-refractivity contribution >= 4 is 35.0 Å². The number of ether oxygens (including phenoxy) is 1. The standard InChI is InChI=1S/C21H18ClN3O4/c1-13-18(9-10-19(23-13)29-12-14-5-3-2-4-6-14)25-20(26)16-11-15(24-21(27)28)7-8-17(16)22/h2-11,24H,12H2,1H3,(H,25,26)(H,27,28). The first-order valence-corrected chi connectivity index (χ1v) is 9.05. The summed E-state index contributed by atoms with van der Waals surface area (Å²) in [6.07, 6.45) is -1.23. The van der Waals surface area contributed by atoms with E-state index in [-0.39, 0.29) is 16.3 Å². The molecule has 0 aliphatic rings. The number of benzene rings is 2. The third kappa shape index (κ3) is 5.46. The summed E-state index contributed by atoms with van der Waals surface area (Å²) in [6.45, 7) is 2.13. The van der Waals surface area contributed by atoms with Crippen molar-refractivity contribution in [1.29, 1.82) is 0 Å². The van der Waals surface area contributed by atoms with Crippen LogP contribution in [0.3, 0.4) is 0 Å². The summed E-state index contributed by atoms with van der Waals surface area (Å²) in [5.74, 6) is -0.0399. The number of hydrogen-bond acceptors (Lipinski definition) is 4. The van der Waals surface area contributed by atoms with Gasteiger partial charge in [0.05, 0.1) is 22.0 Å². The van der Waals surface area contributed by atoms with Crippen LogP contribution in [0.15, 0.2) is 60.7 Å². The van der Waals surface area contributed by atoms with Crippen LogP contribution >= 0.6 is 11.6 Å². The second kappa shape index (κ2) is 9.07. The molecule has 8 heteroatoms. The van der Waals surface area contributed by atoms with Crippen LogP contribution in [0.1, 0.15) is 21.6 Å². The smallest absolute Gasteiger partial charge is 0.409 e. The molecule has 148 valence electrons. The van der Waals surface area contributed by atoms with Gasteiger partial charge < -0.3 is 15.2 Å². The number of amides is 2. The number of nitrogens with one attached hydrogen (secondary N) is 2. The fourth-order valence-corrected chi connectivity index (χ4v) is 2.78. The Balaban J connectivity index is 1.70. The minimum Gasteiger partial charge on any atom is -0.473 e. The molecular weight excluding hydrogens is 394 g/mol. The summed E-state index contributed by atoms with van der Waals surface area (Å²) >= 11 is 6.09. The molecule has 0 saturated carbocycles. The highest BCUT2D eigenvalue weighted by Crippen LogP contribution is 2.24. The lowest BCUT2D eigenvalue weighted by atomic mass is 10.1. The third-order valence-corrected chi connectivity index (χ3v) is 4.33. The zero-order chi connectivity index (χ0) is 20.8. The molecule has 0 aliphatic carbocycles. The number of anilines is 2. The minimum absolute atomic E-state index is 0.140. The van der Waals surface area contributed by atoms with Gasteiger partial charge in [-0.2, -0.15) is 0 Å². The van der Waals surface area contributed by atoms with E-state index in [4.69, 9.17) is 21.4 Å². The normalized spacial score (nSPS) is 10.3. The highest BCUT2D eigenvalue weighted by atomic mass is 35.5. The Kier molecular flexibility index (Phi) is 6.31. The fraction of sp³-hybridized carbons (Fsp3) is 0.0952. The molecule has 7 nitrogen and oxygen atoms in total. The van der Waals surface area contributed by atoms with E-state index in [1.165, 1.54) is 18.2 Å². The Hall–Kier alpha value is -3.58. The summed E-state index contributed by atoms with van der Waals surface area (Å²) in [5.41, 5.74) is 2.47. The van der Waals surface area contributed by atoms with Gasteiger partial charge in [0.25, 0.3) is 5.91 Å². The van der Waals surface area contributed by atoms with Gasteiger partial charge in [0.1, 0.15) is 6.61 Å². The third-order valence-electron chi connectivity index (χ3n) is 4.00. The fourth-order valence-electron chi connectivity index (χ4n) is 2.57. The number of carbonyl (C=O) groups excluding carboxylic acids is 1. The molecule has 0 aliphatic heterocycles. The summed E-state index contributed by atoms with van der Waals surface area (Å²) in [6, 6.07) is 17.4. The summed E-state index contributed by atoms with van der Waals surface area (Å²) in [4.78, 5) is 27.7. The van der Waals surface area contributed by atoms with Gasteiger partial charge in [-0.1, -0.05) is 41.9 Å². The van der Waals surface area contributed by atoms with E-state index in [9.17, 15) is 9.59 Å². The van der Waals surface area contributed by atoms with Crippen molar-refractivity contribution in [2.24, 2.45) is 0 Å². The van der Waals surface area contributed by atoms with Crippen LogP contribution in [0.25, 0.3) is 0 Å². The maximum Gasteiger partial charge on any atom is 0.409 e. The van der Waals surface area contributed by atoms with Gasteiger partial charge in [0.15, 0.2) is 0 Å². The number of rotatable bonds is 6. The van der Waals surface area contributed by atoms with E-state index in [1.807, 2.05) is 30.3 Å². The first-order chi connectivity index (χ1) is 13.9. The molecule has 0 atom stereocenters. The lowest BCUT2D eigenvalue weighted by Gasteiger charge is -2.12. The van der Waals surface area contributed by atoms with Crippen molar-refractivity contribution in [2.45, 2.75) is 13.5 Å². The van der Waals surface area contributed by atoms with Crippen LogP contribution in [-0.2, 0) is 6.61 Å². The molecule has 0 saturated heterocycles. The minimum atomic E-state index is -1.23. The molecule has 3 rings (SSSR count). The zero-order valence-corrected chi connectivity index (χ0v) is 16.2. The van der Waals surface area contributed by atoms with Crippen LogP contribution in [0, 0.1) is 6.92 Å². The van der Waals surface area contributed by atoms with E-state index >= 15 is 0 Å². The molecule has 0 fully saturated rings. The molecule has 0 bridgehead atoms. The van der Waals surface area contributed by atoms with Crippen molar-refractivity contribution < 1.29 is 19.4 Å². The van der Waals surface area contributed by atoms with Gasteiger partial charge in [-0.15, -0.1) is 0 Å². The SMILES string of the molecule is Cc1nc(OCc2ccccc2)ccc1NC(=O)c1cc(NC(=O)O)ccc1Cl. The molecule has 1 aromatic heterocycles. The first kappa shape index (κ1) is 20.2. The van der Waals surface area contributed by atoms with Crippen LogP contribution < -0.4 is 15.4 Å². The van der Waals surface area contributed by atoms with Gasteiger partial charge in [-0.05, 0) is 36.8 Å². The topological polar surface area (TPSA) is 101 Å². The number of hydrogen-bond donors (Lipinski definition) is 3. The number of halogens is 1. The number of nitrogens with zero attached hydrogens (tertiary/aromatic N) is 1. The Morgan fingerprint density at radius 2 is 1.83 bits per heavy atom. The predicted molar refractivity (Wildman–Crippen MR) is 111 cm³/mol. The van der Waals surface area contributed by atoms with Crippen LogP contribution in [0.5, 0.6) is 5.88 Å². The predicted octanol–water partition coefficient (Wildman–Crippen LogP) is 4.96. The second-order valence-corrected chi connectivity index (χ2v) is 6.54. The summed E-state index contributed by atoms with van der Waals surface area (Å²) in [5, 5.41) is 13.9. The molecule has 29 heavy (non-hydrogen) atoms. The molecule has 2 amide bonds. The largest absolute Gasteiger partial charge is 0.473 e. The van der Waals surface area contributed by atoms with Crippen LogP contribution in [0.4, 0.5) is 16.2 Å². The van der Waals surface area contributed by atoms with E-state index in [0.717, 1.165) is 5.56 Å². The Morgan fingerprint density at radius 3 is 2.52 bits per heavy atom. The van der Waals surface area contributed by atoms with Crippen molar-refractivity contribution in [2.75, 3.05) is 10.6 Å². The molecular formula is C21H18ClN3O4. The number of pyridine rings is 1. The average Bonchev–Trinajstić information content (AvgIpc) is 2.70. The van der Waals surface area contributed by atoms with Gasteiger partial charge in [-0.25, -0.2) is 9.78 Å². The number of carboxylic acid groups (broad SMARTS) is 1. The van der Waals surface area contributed by atoms with Gasteiger partial charge >= 0.3 is 6.09 Å². The lowest BCUT2D eigenvalue weighted by Crippen LogP contribution is -2.15. The highest BCUT2D eigenvalue weighted by molar-refractivity contribution is 6.34. The van der Waals surface area contributed by atoms with E-state index < -0.39 is 12.0 Å². The van der Waals surface area contributed by atoms with Gasteiger partial charge in [0, 0.05) is 11.8 Å². The quantitative estimate of drug-likeness (QED) is 0.532. The molecule has 2 aromatic carbocycles. The van der Waals surface area contributed by atoms with E-state index in [0.29, 0.717) is 23.9 Å². The van der Waals surface area contributed by atoms with Gasteiger partial charge in [-0.3, -0.25) is 10.1 Å². The maximum atomic E-state index is 12.6. The number of aromatic nitrogens is 1. The summed E-state index contributed by atoms with van der Waals surface area (Å²) in [7, 11) is 0. The second-order valence-electron chi connectivity index (χ2n) is 6.14. The van der Waals surface area contributed by atoms with Crippen LogP contribution in [0.2, 0.25) is 5.02 Å². The lowest BCUT2D eigenvalue weighted by molar-refractivity contribution is 0.102. The molecule has 3 N–H and O–H groups in total. The van der Waals surface area contributed by atoms with Crippen molar-refractivity contribution in [3.63, 3.8) is 0 Å². The monoisotopic (exact) mass is 411 g/mol. The number of aryl methyl sites for hydroxylation is 1. The average molecular weight is 412 g/mol. The molecule has 0 spiro atoms. The Bertz CT molecular complexity index is 1040.